The molecule has 2 aromatic heterocycles. The molecule has 174 valence electrons. The van der Waals surface area contributed by atoms with Crippen molar-refractivity contribution < 1.29 is 14.3 Å². The van der Waals surface area contributed by atoms with Gasteiger partial charge in [0, 0.05) is 31.7 Å². The Bertz CT molecular complexity index is 991. The van der Waals surface area contributed by atoms with E-state index in [0.717, 1.165) is 63.1 Å². The number of aromatic nitrogens is 3. The largest absolute Gasteiger partial charge is 0.444 e. The number of ether oxygens (including phenoxy) is 2. The zero-order valence-electron chi connectivity index (χ0n) is 19.3. The van der Waals surface area contributed by atoms with Crippen molar-refractivity contribution in [1.29, 1.82) is 0 Å². The number of anilines is 1. The van der Waals surface area contributed by atoms with E-state index in [4.69, 9.17) is 15.2 Å². The van der Waals surface area contributed by atoms with E-state index in [1.807, 2.05) is 42.3 Å². The molecule has 0 aromatic carbocycles. The van der Waals surface area contributed by atoms with Crippen LogP contribution in [0.15, 0.2) is 18.5 Å². The van der Waals surface area contributed by atoms with Crippen molar-refractivity contribution in [3.05, 3.63) is 24.2 Å². The van der Waals surface area contributed by atoms with Gasteiger partial charge in [0.1, 0.15) is 23.5 Å². The Balaban J connectivity index is 1.17. The highest BCUT2D eigenvalue weighted by atomic mass is 16.6. The van der Waals surface area contributed by atoms with Gasteiger partial charge in [0.25, 0.3) is 0 Å². The lowest BCUT2D eigenvalue weighted by Crippen LogP contribution is -2.65. The molecule has 2 N–H and O–H groups in total. The van der Waals surface area contributed by atoms with Crippen LogP contribution < -0.4 is 5.73 Å². The van der Waals surface area contributed by atoms with Crippen LogP contribution in [0.5, 0.6) is 0 Å². The Kier molecular flexibility index (Phi) is 5.28. The number of nitrogens with two attached hydrogens (primary N) is 1. The van der Waals surface area contributed by atoms with Crippen LogP contribution in [0.3, 0.4) is 0 Å². The molecule has 3 fully saturated rings. The number of carbonyl (C=O) groups is 1. The predicted molar refractivity (Wildman–Crippen MR) is 120 cm³/mol. The summed E-state index contributed by atoms with van der Waals surface area (Å²) in [6, 6.07) is 4.01. The number of carbonyl (C=O) groups excluding carboxylic acids is 1. The molecule has 9 heteroatoms. The van der Waals surface area contributed by atoms with Crippen molar-refractivity contribution in [1.82, 2.24) is 24.4 Å². The fourth-order valence-electron chi connectivity index (χ4n) is 5.39. The molecule has 0 saturated carbocycles. The standard InChI is InChI=1S/C23H34N6O3/c1-22(2,3)32-21(30)27-11-8-23(9-12-27)10-13-28(23)14-16-4-7-19(31-16)17-5-6-18-20(24)25-15-26-29(17)18/h5-6,15-16,19H,4,7-14H2,1-3H3,(H2,24,25,26)/t16?,19-/m1/s1. The zero-order valence-corrected chi connectivity index (χ0v) is 19.3. The zero-order chi connectivity index (χ0) is 22.5. The van der Waals surface area contributed by atoms with Crippen molar-refractivity contribution in [2.24, 2.45) is 0 Å². The molecule has 3 aliphatic heterocycles. The van der Waals surface area contributed by atoms with Crippen LogP contribution in [0.4, 0.5) is 10.6 Å². The Hall–Kier alpha value is -2.39. The second-order valence-electron chi connectivity index (χ2n) is 10.4. The maximum Gasteiger partial charge on any atom is 0.410 e. The average Bonchev–Trinajstić information content (AvgIpc) is 3.37. The van der Waals surface area contributed by atoms with E-state index in [1.165, 1.54) is 12.7 Å². The first-order valence-corrected chi connectivity index (χ1v) is 11.7. The number of nitrogens with zero attached hydrogens (tertiary/aromatic N) is 5. The van der Waals surface area contributed by atoms with E-state index in [-0.39, 0.29) is 23.8 Å². The van der Waals surface area contributed by atoms with Gasteiger partial charge >= 0.3 is 6.09 Å². The van der Waals surface area contributed by atoms with Crippen molar-refractivity contribution in [2.45, 2.75) is 76.2 Å². The lowest BCUT2D eigenvalue weighted by molar-refractivity contribution is -0.0888. The maximum atomic E-state index is 12.4. The number of nitrogen functional groups attached to an aromatic ring is 1. The van der Waals surface area contributed by atoms with Gasteiger partial charge in [0.05, 0.1) is 11.8 Å². The number of hydrogen-bond donors (Lipinski definition) is 1. The van der Waals surface area contributed by atoms with Gasteiger partial charge in [0.2, 0.25) is 0 Å². The molecule has 0 bridgehead atoms. The Morgan fingerprint density at radius 2 is 1.97 bits per heavy atom. The van der Waals surface area contributed by atoms with Crippen molar-refractivity contribution in [2.75, 3.05) is 31.9 Å². The molecule has 5 heterocycles. The first-order valence-electron chi connectivity index (χ1n) is 11.7. The average molecular weight is 443 g/mol. The van der Waals surface area contributed by atoms with E-state index in [0.29, 0.717) is 5.82 Å². The second kappa shape index (κ2) is 7.88. The molecule has 1 unspecified atom stereocenters. The smallest absolute Gasteiger partial charge is 0.410 e. The van der Waals surface area contributed by atoms with Gasteiger partial charge in [-0.1, -0.05) is 0 Å². The predicted octanol–water partition coefficient (Wildman–Crippen LogP) is 3.01. The van der Waals surface area contributed by atoms with Crippen LogP contribution in [0.1, 0.15) is 64.7 Å². The maximum absolute atomic E-state index is 12.4. The van der Waals surface area contributed by atoms with Gasteiger partial charge in [-0.2, -0.15) is 5.10 Å². The monoisotopic (exact) mass is 442 g/mol. The summed E-state index contributed by atoms with van der Waals surface area (Å²) in [4.78, 5) is 20.9. The number of hydrogen-bond acceptors (Lipinski definition) is 7. The molecule has 9 nitrogen and oxygen atoms in total. The van der Waals surface area contributed by atoms with Crippen molar-refractivity contribution in [3.63, 3.8) is 0 Å². The third kappa shape index (κ3) is 3.92. The highest BCUT2D eigenvalue weighted by Gasteiger charge is 2.48. The summed E-state index contributed by atoms with van der Waals surface area (Å²) in [5, 5.41) is 4.36. The van der Waals surface area contributed by atoms with Gasteiger partial charge in [0.15, 0.2) is 5.82 Å². The number of fused-ring (bicyclic) bond motifs is 1. The van der Waals surface area contributed by atoms with Crippen molar-refractivity contribution >= 4 is 17.4 Å². The third-order valence-electron chi connectivity index (χ3n) is 7.24. The molecule has 1 amide bonds. The SMILES string of the molecule is CC(C)(C)OC(=O)N1CCC2(CC1)CCN2CC1CC[C@H](c2ccc3c(N)ncnn23)O1. The molecule has 2 atom stereocenters. The number of piperidine rings is 1. The minimum atomic E-state index is -0.450. The molecule has 0 aliphatic carbocycles. The second-order valence-corrected chi connectivity index (χ2v) is 10.4. The highest BCUT2D eigenvalue weighted by molar-refractivity contribution is 5.68. The van der Waals surface area contributed by atoms with Crippen LogP contribution in [-0.4, -0.2) is 73.9 Å². The molecule has 3 saturated heterocycles. The third-order valence-corrected chi connectivity index (χ3v) is 7.24. The summed E-state index contributed by atoms with van der Waals surface area (Å²) in [5.41, 5.74) is 7.60. The molecule has 3 aliphatic rings. The molecule has 0 radical (unpaired) electrons. The summed E-state index contributed by atoms with van der Waals surface area (Å²) in [6.45, 7) is 9.32. The lowest BCUT2D eigenvalue weighted by atomic mass is 9.76. The van der Waals surface area contributed by atoms with Crippen LogP contribution in [0.25, 0.3) is 5.52 Å². The number of rotatable bonds is 3. The Morgan fingerprint density at radius 3 is 2.66 bits per heavy atom. The number of likely N-dealkylation sites (tertiary alicyclic amines) is 2. The fraction of sp³-hybridized carbons (Fsp3) is 0.696. The van der Waals surface area contributed by atoms with E-state index in [1.54, 1.807) is 0 Å². The molecule has 1 spiro atoms. The van der Waals surface area contributed by atoms with Gasteiger partial charge in [-0.25, -0.2) is 14.3 Å². The fourth-order valence-corrected chi connectivity index (χ4v) is 5.39. The van der Waals surface area contributed by atoms with Gasteiger partial charge in [-0.15, -0.1) is 0 Å². The van der Waals surface area contributed by atoms with Crippen molar-refractivity contribution in [3.8, 4) is 0 Å². The lowest BCUT2D eigenvalue weighted by Gasteiger charge is -2.57. The minimum absolute atomic E-state index is 0.0306. The minimum Gasteiger partial charge on any atom is -0.444 e. The van der Waals surface area contributed by atoms with E-state index >= 15 is 0 Å². The molecule has 32 heavy (non-hydrogen) atoms. The highest BCUT2D eigenvalue weighted by Crippen LogP contribution is 2.42. The summed E-state index contributed by atoms with van der Waals surface area (Å²) >= 11 is 0. The topological polar surface area (TPSA) is 98.2 Å². The van der Waals surface area contributed by atoms with Crippen LogP contribution in [0, 0.1) is 0 Å². The van der Waals surface area contributed by atoms with Gasteiger partial charge in [-0.05, 0) is 65.0 Å². The Morgan fingerprint density at radius 1 is 1.22 bits per heavy atom. The summed E-state index contributed by atoms with van der Waals surface area (Å²) in [7, 11) is 0. The van der Waals surface area contributed by atoms with Gasteiger partial charge in [-0.3, -0.25) is 4.90 Å². The molecule has 2 aromatic rings. The number of amides is 1. The van der Waals surface area contributed by atoms with E-state index < -0.39 is 5.60 Å². The van der Waals surface area contributed by atoms with Crippen LogP contribution >= 0.6 is 0 Å². The van der Waals surface area contributed by atoms with Crippen LogP contribution in [-0.2, 0) is 9.47 Å². The summed E-state index contributed by atoms with van der Waals surface area (Å²) < 4.78 is 13.9. The quantitative estimate of drug-likeness (QED) is 0.780. The molecule has 5 rings (SSSR count). The molecular formula is C23H34N6O3. The van der Waals surface area contributed by atoms with E-state index in [9.17, 15) is 4.79 Å². The first-order chi connectivity index (χ1) is 15.2. The van der Waals surface area contributed by atoms with E-state index in [2.05, 4.69) is 15.0 Å². The van der Waals surface area contributed by atoms with Crippen LogP contribution in [0.2, 0.25) is 0 Å². The summed E-state index contributed by atoms with van der Waals surface area (Å²) in [5.74, 6) is 0.487. The first kappa shape index (κ1) is 21.5. The normalized spacial score (nSPS) is 25.9. The molecular weight excluding hydrogens is 408 g/mol. The Labute approximate surface area is 188 Å². The van der Waals surface area contributed by atoms with Gasteiger partial charge < -0.3 is 20.1 Å². The summed E-state index contributed by atoms with van der Waals surface area (Å²) in [6.07, 6.45) is 6.77.